The lowest BCUT2D eigenvalue weighted by molar-refractivity contribution is 0.0695. The molecule has 0 aliphatic heterocycles. The topological polar surface area (TPSA) is 76.7 Å². The molecular formula is C13H12O5S. The van der Waals surface area contributed by atoms with Gasteiger partial charge in [0.25, 0.3) is 0 Å². The number of ether oxygens (including phenoxy) is 1. The summed E-state index contributed by atoms with van der Waals surface area (Å²) in [4.78, 5) is 11.5. The third kappa shape index (κ3) is 2.85. The number of benzene rings is 1. The van der Waals surface area contributed by atoms with E-state index in [1.807, 2.05) is 0 Å². The summed E-state index contributed by atoms with van der Waals surface area (Å²) in [6, 6.07) is 8.24. The van der Waals surface area contributed by atoms with E-state index in [9.17, 15) is 9.00 Å². The Morgan fingerprint density at radius 3 is 2.79 bits per heavy atom. The number of hydrogen-bond acceptors (Lipinski definition) is 4. The number of carboxylic acid groups (broad SMARTS) is 1. The van der Waals surface area contributed by atoms with Crippen LogP contribution in [0, 0.1) is 0 Å². The highest BCUT2D eigenvalue weighted by Gasteiger charge is 2.18. The molecule has 1 aromatic carbocycles. The quantitative estimate of drug-likeness (QED) is 0.909. The normalized spacial score (nSPS) is 12.1. The van der Waals surface area contributed by atoms with Gasteiger partial charge < -0.3 is 14.3 Å². The second kappa shape index (κ2) is 5.71. The first-order chi connectivity index (χ1) is 9.13. The summed E-state index contributed by atoms with van der Waals surface area (Å²) in [5.74, 6) is -0.406. The Morgan fingerprint density at radius 1 is 1.37 bits per heavy atom. The largest absolute Gasteiger partial charge is 0.495 e. The van der Waals surface area contributed by atoms with Crippen LogP contribution >= 0.6 is 0 Å². The fourth-order valence-corrected chi connectivity index (χ4v) is 2.87. The monoisotopic (exact) mass is 280 g/mol. The van der Waals surface area contributed by atoms with Crippen LogP contribution in [0.4, 0.5) is 0 Å². The summed E-state index contributed by atoms with van der Waals surface area (Å²) in [5, 5.41) is 8.96. The average molecular weight is 280 g/mol. The van der Waals surface area contributed by atoms with Gasteiger partial charge in [-0.3, -0.25) is 4.21 Å². The molecule has 0 aliphatic rings. The number of methoxy groups -OCH3 is 1. The predicted octanol–water partition coefficient (Wildman–Crippen LogP) is 2.29. The van der Waals surface area contributed by atoms with E-state index >= 15 is 0 Å². The Bertz CT molecular complexity index is 617. The lowest BCUT2D eigenvalue weighted by Crippen LogP contribution is -2.03. The highest BCUT2D eigenvalue weighted by molar-refractivity contribution is 7.84. The molecule has 0 radical (unpaired) electrons. The summed E-state index contributed by atoms with van der Waals surface area (Å²) in [6.45, 7) is 0. The van der Waals surface area contributed by atoms with E-state index in [-0.39, 0.29) is 17.1 Å². The Morgan fingerprint density at radius 2 is 2.11 bits per heavy atom. The van der Waals surface area contributed by atoms with Crippen LogP contribution < -0.4 is 4.74 Å². The molecule has 0 amide bonds. The highest BCUT2D eigenvalue weighted by Crippen LogP contribution is 2.24. The van der Waals surface area contributed by atoms with E-state index in [0.29, 0.717) is 10.6 Å². The first kappa shape index (κ1) is 13.4. The maximum absolute atomic E-state index is 12.2. The van der Waals surface area contributed by atoms with Crippen molar-refractivity contribution < 1.29 is 23.3 Å². The lowest BCUT2D eigenvalue weighted by Gasteiger charge is -2.07. The van der Waals surface area contributed by atoms with Crippen molar-refractivity contribution in [2.45, 2.75) is 10.6 Å². The van der Waals surface area contributed by atoms with Crippen LogP contribution in [0.15, 0.2) is 45.9 Å². The molecule has 2 aromatic rings. The van der Waals surface area contributed by atoms with Crippen molar-refractivity contribution in [2.75, 3.05) is 7.11 Å². The third-order valence-electron chi connectivity index (χ3n) is 2.55. The maximum Gasteiger partial charge on any atom is 0.339 e. The van der Waals surface area contributed by atoms with Crippen molar-refractivity contribution in [3.05, 3.63) is 47.9 Å². The predicted molar refractivity (Wildman–Crippen MR) is 68.8 cm³/mol. The molecule has 6 heteroatoms. The molecule has 1 heterocycles. The standard InChI is InChI=1S/C13H12O5S/c1-17-10-4-2-3-5-12(10)19(16)8-11-9(13(14)15)6-7-18-11/h2-7H,8H2,1H3,(H,14,15)/t19-/m1/s1. The van der Waals surface area contributed by atoms with Gasteiger partial charge in [-0.2, -0.15) is 0 Å². The summed E-state index contributed by atoms with van der Waals surface area (Å²) in [6.07, 6.45) is 1.28. The Kier molecular flexibility index (Phi) is 4.01. The van der Waals surface area contributed by atoms with Gasteiger partial charge in [-0.05, 0) is 18.2 Å². The minimum atomic E-state index is -1.43. The first-order valence-electron chi connectivity index (χ1n) is 5.44. The number of rotatable bonds is 5. The first-order valence-corrected chi connectivity index (χ1v) is 6.76. The molecule has 1 N–H and O–H groups in total. The van der Waals surface area contributed by atoms with E-state index in [1.165, 1.54) is 19.4 Å². The fourth-order valence-electron chi connectivity index (χ4n) is 1.65. The van der Waals surface area contributed by atoms with Crippen LogP contribution in [0.25, 0.3) is 0 Å². The van der Waals surface area contributed by atoms with Gasteiger partial charge in [0.05, 0.1) is 34.8 Å². The zero-order chi connectivity index (χ0) is 13.8. The molecule has 2 rings (SSSR count). The van der Waals surface area contributed by atoms with Gasteiger partial charge in [0, 0.05) is 0 Å². The van der Waals surface area contributed by atoms with Crippen LogP contribution in [0.2, 0.25) is 0 Å². The molecule has 0 saturated heterocycles. The van der Waals surface area contributed by atoms with E-state index in [1.54, 1.807) is 24.3 Å². The summed E-state index contributed by atoms with van der Waals surface area (Å²) >= 11 is 0. The molecule has 19 heavy (non-hydrogen) atoms. The van der Waals surface area contributed by atoms with Crippen molar-refractivity contribution in [3.8, 4) is 5.75 Å². The van der Waals surface area contributed by atoms with Crippen LogP contribution in [-0.4, -0.2) is 22.4 Å². The molecule has 0 fully saturated rings. The molecule has 0 spiro atoms. The SMILES string of the molecule is COc1ccccc1[S@](=O)Cc1occc1C(=O)O. The molecule has 0 bridgehead atoms. The van der Waals surface area contributed by atoms with Crippen molar-refractivity contribution in [3.63, 3.8) is 0 Å². The van der Waals surface area contributed by atoms with Gasteiger partial charge in [0.15, 0.2) is 0 Å². The van der Waals surface area contributed by atoms with E-state index in [4.69, 9.17) is 14.3 Å². The Hall–Kier alpha value is -2.08. The Labute approximate surface area is 112 Å². The number of carbonyl (C=O) groups is 1. The second-order valence-corrected chi connectivity index (χ2v) is 5.12. The van der Waals surface area contributed by atoms with Gasteiger partial charge >= 0.3 is 5.97 Å². The van der Waals surface area contributed by atoms with E-state index < -0.39 is 16.8 Å². The van der Waals surface area contributed by atoms with Crippen molar-refractivity contribution >= 4 is 16.8 Å². The van der Waals surface area contributed by atoms with Gasteiger partial charge in [-0.15, -0.1) is 0 Å². The third-order valence-corrected chi connectivity index (χ3v) is 3.90. The van der Waals surface area contributed by atoms with Crippen molar-refractivity contribution in [1.29, 1.82) is 0 Å². The average Bonchev–Trinajstić information content (AvgIpc) is 2.87. The van der Waals surface area contributed by atoms with Crippen LogP contribution in [0.3, 0.4) is 0 Å². The molecule has 0 aliphatic carbocycles. The number of para-hydroxylation sites is 1. The summed E-state index contributed by atoms with van der Waals surface area (Å²) in [5.41, 5.74) is 0.0308. The molecule has 5 nitrogen and oxygen atoms in total. The van der Waals surface area contributed by atoms with Gasteiger partial charge in [-0.25, -0.2) is 4.79 Å². The highest BCUT2D eigenvalue weighted by atomic mass is 32.2. The zero-order valence-corrected chi connectivity index (χ0v) is 11.0. The van der Waals surface area contributed by atoms with E-state index in [0.717, 1.165) is 0 Å². The van der Waals surface area contributed by atoms with Crippen molar-refractivity contribution in [1.82, 2.24) is 0 Å². The maximum atomic E-state index is 12.2. The molecule has 0 unspecified atom stereocenters. The van der Waals surface area contributed by atoms with Crippen LogP contribution in [0.5, 0.6) is 5.75 Å². The molecule has 1 atom stereocenters. The molecular weight excluding hydrogens is 268 g/mol. The van der Waals surface area contributed by atoms with Crippen LogP contribution in [0.1, 0.15) is 16.1 Å². The van der Waals surface area contributed by atoms with E-state index in [2.05, 4.69) is 0 Å². The van der Waals surface area contributed by atoms with Crippen LogP contribution in [-0.2, 0) is 16.6 Å². The van der Waals surface area contributed by atoms with Crippen molar-refractivity contribution in [2.24, 2.45) is 0 Å². The summed E-state index contributed by atoms with van der Waals surface area (Å²) in [7, 11) is 0.0586. The van der Waals surface area contributed by atoms with Gasteiger partial charge in [0.2, 0.25) is 0 Å². The zero-order valence-electron chi connectivity index (χ0n) is 10.2. The lowest BCUT2D eigenvalue weighted by atomic mass is 10.3. The van der Waals surface area contributed by atoms with Gasteiger partial charge in [0.1, 0.15) is 17.1 Å². The molecule has 100 valence electrons. The fraction of sp³-hybridized carbons (Fsp3) is 0.154. The second-order valence-electron chi connectivity index (χ2n) is 3.70. The number of carboxylic acids is 1. The number of furan rings is 1. The number of hydrogen-bond donors (Lipinski definition) is 1. The smallest absolute Gasteiger partial charge is 0.339 e. The molecule has 1 aromatic heterocycles. The minimum absolute atomic E-state index is 0.00495. The summed E-state index contributed by atoms with van der Waals surface area (Å²) < 4.78 is 22.4. The Balaban J connectivity index is 2.26. The molecule has 0 saturated carbocycles. The number of aromatic carboxylic acids is 1. The minimum Gasteiger partial charge on any atom is -0.495 e. The van der Waals surface area contributed by atoms with Gasteiger partial charge in [-0.1, -0.05) is 12.1 Å².